The summed E-state index contributed by atoms with van der Waals surface area (Å²) in [6.45, 7) is 17.3. The molecule has 14 heteroatoms. The van der Waals surface area contributed by atoms with Crippen LogP contribution < -0.4 is 21.3 Å². The maximum Gasteiger partial charge on any atom is 0.305 e. The summed E-state index contributed by atoms with van der Waals surface area (Å²) in [5.41, 5.74) is 0.291. The van der Waals surface area contributed by atoms with Gasteiger partial charge in [0.05, 0.1) is 24.9 Å². The van der Waals surface area contributed by atoms with Crippen molar-refractivity contribution >= 4 is 35.6 Å². The SMILES string of the molecule is CC(C)(C)CN1CCCC1C(=O)NCCC(=O)NCCC(=O)O.CC(C)(C)CN1CCCC1C(=O)NCCC(=O)NCCC(=O)O. The molecule has 0 aromatic heterocycles. The molecule has 0 radical (unpaired) electrons. The smallest absolute Gasteiger partial charge is 0.305 e. The molecule has 0 aromatic carbocycles. The van der Waals surface area contributed by atoms with Crippen molar-refractivity contribution in [3.05, 3.63) is 0 Å². The second-order valence-corrected chi connectivity index (χ2v) is 14.4. The molecule has 2 saturated heterocycles. The zero-order valence-corrected chi connectivity index (χ0v) is 28.7. The first-order valence-electron chi connectivity index (χ1n) is 16.4. The molecule has 2 heterocycles. The first kappa shape index (κ1) is 40.8. The topological polar surface area (TPSA) is 197 Å². The van der Waals surface area contributed by atoms with E-state index in [0.29, 0.717) is 0 Å². The zero-order chi connectivity index (χ0) is 34.9. The predicted octanol–water partition coefficient (Wildman–Crippen LogP) is 1.19. The highest BCUT2D eigenvalue weighted by atomic mass is 16.4. The van der Waals surface area contributed by atoms with Crippen LogP contribution in [0.5, 0.6) is 0 Å². The molecule has 0 saturated carbocycles. The molecular weight excluding hydrogens is 596 g/mol. The fourth-order valence-corrected chi connectivity index (χ4v) is 5.47. The van der Waals surface area contributed by atoms with Crippen molar-refractivity contribution in [2.75, 3.05) is 52.4 Å². The van der Waals surface area contributed by atoms with Gasteiger partial charge in [0, 0.05) is 52.1 Å². The second-order valence-electron chi connectivity index (χ2n) is 14.4. The fraction of sp³-hybridized carbons (Fsp3) is 0.812. The van der Waals surface area contributed by atoms with Crippen LogP contribution in [0, 0.1) is 10.8 Å². The lowest BCUT2D eigenvalue weighted by molar-refractivity contribution is -0.138. The summed E-state index contributed by atoms with van der Waals surface area (Å²) in [6, 6.07) is -0.214. The molecule has 2 unspecified atom stereocenters. The van der Waals surface area contributed by atoms with Crippen molar-refractivity contribution in [1.82, 2.24) is 31.1 Å². The number of hydrogen-bond donors (Lipinski definition) is 6. The minimum atomic E-state index is -0.946. The van der Waals surface area contributed by atoms with E-state index in [-0.39, 0.29) is 98.4 Å². The lowest BCUT2D eigenvalue weighted by Gasteiger charge is -2.30. The predicted molar refractivity (Wildman–Crippen MR) is 174 cm³/mol. The largest absolute Gasteiger partial charge is 0.481 e. The highest BCUT2D eigenvalue weighted by molar-refractivity contribution is 5.84. The van der Waals surface area contributed by atoms with Crippen LogP contribution in [0.2, 0.25) is 0 Å². The Bertz CT molecular complexity index is 943. The standard InChI is InChI=1S/2C16H29N3O4/c2*1-16(2,3)11-19-10-4-5-12(19)15(23)18-8-6-13(20)17-9-7-14(21)22/h2*12H,4-11H2,1-3H3,(H,17,20)(H,18,23)(H,21,22). The van der Waals surface area contributed by atoms with Crippen LogP contribution in [-0.2, 0) is 28.8 Å². The van der Waals surface area contributed by atoms with E-state index >= 15 is 0 Å². The molecule has 0 aliphatic carbocycles. The van der Waals surface area contributed by atoms with Crippen molar-refractivity contribution in [2.24, 2.45) is 10.8 Å². The molecule has 2 rings (SSSR count). The average Bonchev–Trinajstić information content (AvgIpc) is 3.56. The highest BCUT2D eigenvalue weighted by Crippen LogP contribution is 2.25. The van der Waals surface area contributed by atoms with E-state index < -0.39 is 11.9 Å². The van der Waals surface area contributed by atoms with E-state index in [1.54, 1.807) is 0 Å². The third-order valence-electron chi connectivity index (χ3n) is 7.31. The number of amides is 4. The summed E-state index contributed by atoms with van der Waals surface area (Å²) in [4.78, 5) is 72.7. The Labute approximate surface area is 273 Å². The van der Waals surface area contributed by atoms with Crippen molar-refractivity contribution in [3.63, 3.8) is 0 Å². The Hall–Kier alpha value is -3.26. The van der Waals surface area contributed by atoms with E-state index in [4.69, 9.17) is 10.2 Å². The van der Waals surface area contributed by atoms with Crippen molar-refractivity contribution in [2.45, 2.75) is 105 Å². The van der Waals surface area contributed by atoms with E-state index in [1.807, 2.05) is 0 Å². The van der Waals surface area contributed by atoms with Gasteiger partial charge < -0.3 is 31.5 Å². The van der Waals surface area contributed by atoms with Gasteiger partial charge in [0.1, 0.15) is 0 Å². The molecule has 264 valence electrons. The van der Waals surface area contributed by atoms with Crippen LogP contribution in [0.3, 0.4) is 0 Å². The van der Waals surface area contributed by atoms with Gasteiger partial charge in [-0.05, 0) is 49.6 Å². The van der Waals surface area contributed by atoms with Gasteiger partial charge >= 0.3 is 11.9 Å². The number of carboxylic acids is 2. The maximum atomic E-state index is 12.3. The van der Waals surface area contributed by atoms with Gasteiger partial charge in [0.25, 0.3) is 0 Å². The molecular formula is C32H58N6O8. The van der Waals surface area contributed by atoms with Crippen LogP contribution >= 0.6 is 0 Å². The Balaban J connectivity index is 0.000000460. The number of carboxylic acid groups (broad SMARTS) is 2. The third-order valence-corrected chi connectivity index (χ3v) is 7.31. The quantitative estimate of drug-likeness (QED) is 0.141. The van der Waals surface area contributed by atoms with Gasteiger partial charge in [-0.3, -0.25) is 38.6 Å². The molecule has 6 N–H and O–H groups in total. The highest BCUT2D eigenvalue weighted by Gasteiger charge is 2.33. The van der Waals surface area contributed by atoms with Crippen LogP contribution in [0.25, 0.3) is 0 Å². The molecule has 4 amide bonds. The Kier molecular flexibility index (Phi) is 17.8. The summed E-state index contributed by atoms with van der Waals surface area (Å²) in [7, 11) is 0. The van der Waals surface area contributed by atoms with Crippen molar-refractivity contribution < 1.29 is 39.0 Å². The Morgan fingerprint density at radius 3 is 1.20 bits per heavy atom. The average molecular weight is 655 g/mol. The molecule has 0 aromatic rings. The van der Waals surface area contributed by atoms with E-state index in [0.717, 1.165) is 51.9 Å². The number of carbonyl (C=O) groups is 6. The molecule has 0 bridgehead atoms. The molecule has 0 spiro atoms. The Morgan fingerprint density at radius 2 is 0.891 bits per heavy atom. The molecule has 14 nitrogen and oxygen atoms in total. The van der Waals surface area contributed by atoms with Crippen molar-refractivity contribution in [1.29, 1.82) is 0 Å². The number of hydrogen-bond acceptors (Lipinski definition) is 8. The maximum absolute atomic E-state index is 12.3. The molecule has 2 atom stereocenters. The fourth-order valence-electron chi connectivity index (χ4n) is 5.47. The summed E-state index contributed by atoms with van der Waals surface area (Å²) in [6.07, 6.45) is 3.88. The number of aliphatic carboxylic acids is 2. The molecule has 2 aliphatic heterocycles. The van der Waals surface area contributed by atoms with Gasteiger partial charge in [-0.15, -0.1) is 0 Å². The number of nitrogens with zero attached hydrogens (tertiary/aromatic N) is 2. The van der Waals surface area contributed by atoms with E-state index in [2.05, 4.69) is 72.6 Å². The first-order valence-corrected chi connectivity index (χ1v) is 16.4. The number of rotatable bonds is 16. The minimum Gasteiger partial charge on any atom is -0.481 e. The third kappa shape index (κ3) is 18.6. The van der Waals surface area contributed by atoms with Gasteiger partial charge in [-0.2, -0.15) is 0 Å². The summed E-state index contributed by atoms with van der Waals surface area (Å²) < 4.78 is 0. The zero-order valence-electron chi connectivity index (χ0n) is 28.7. The second kappa shape index (κ2) is 20.1. The molecule has 46 heavy (non-hydrogen) atoms. The summed E-state index contributed by atoms with van der Waals surface area (Å²) >= 11 is 0. The van der Waals surface area contributed by atoms with Gasteiger partial charge in [-0.1, -0.05) is 41.5 Å². The summed E-state index contributed by atoms with van der Waals surface area (Å²) in [5, 5.41) is 27.6. The van der Waals surface area contributed by atoms with Crippen LogP contribution in [0.1, 0.15) is 92.9 Å². The molecule has 2 aliphatic rings. The van der Waals surface area contributed by atoms with Gasteiger partial charge in [0.15, 0.2) is 0 Å². The lowest BCUT2D eigenvalue weighted by atomic mass is 9.95. The van der Waals surface area contributed by atoms with Crippen LogP contribution in [0.4, 0.5) is 0 Å². The number of likely N-dealkylation sites (tertiary alicyclic amines) is 2. The molecule has 2 fully saturated rings. The van der Waals surface area contributed by atoms with Gasteiger partial charge in [0.2, 0.25) is 23.6 Å². The van der Waals surface area contributed by atoms with Crippen LogP contribution in [0.15, 0.2) is 0 Å². The van der Waals surface area contributed by atoms with E-state index in [1.165, 1.54) is 0 Å². The first-order chi connectivity index (χ1) is 21.4. The van der Waals surface area contributed by atoms with Crippen molar-refractivity contribution in [3.8, 4) is 0 Å². The van der Waals surface area contributed by atoms with E-state index in [9.17, 15) is 28.8 Å². The van der Waals surface area contributed by atoms with Crippen LogP contribution in [-0.4, -0.2) is 120 Å². The Morgan fingerprint density at radius 1 is 0.565 bits per heavy atom. The summed E-state index contributed by atoms with van der Waals surface area (Å²) in [5.74, 6) is -2.43. The van der Waals surface area contributed by atoms with Gasteiger partial charge in [-0.25, -0.2) is 0 Å². The minimum absolute atomic E-state index is 0.0231. The lowest BCUT2D eigenvalue weighted by Crippen LogP contribution is -2.46. The number of nitrogens with one attached hydrogen (secondary N) is 4. The normalized spacial score (nSPS) is 18.7. The number of carbonyl (C=O) groups excluding carboxylic acids is 4. The monoisotopic (exact) mass is 654 g/mol.